The number of anilines is 1. The van der Waals surface area contributed by atoms with Gasteiger partial charge in [0.2, 0.25) is 5.91 Å². The van der Waals surface area contributed by atoms with Crippen molar-refractivity contribution in [1.82, 2.24) is 0 Å². The number of azide groups is 1. The van der Waals surface area contributed by atoms with Gasteiger partial charge in [-0.25, -0.2) is 4.79 Å². The first-order valence-corrected chi connectivity index (χ1v) is 7.82. The Morgan fingerprint density at radius 2 is 2.32 bits per heavy atom. The molecule has 0 bridgehead atoms. The maximum absolute atomic E-state index is 12.2. The number of hydrogen-bond acceptors (Lipinski definition) is 5. The van der Waals surface area contributed by atoms with E-state index in [0.717, 1.165) is 0 Å². The Bertz CT molecular complexity index is 628. The summed E-state index contributed by atoms with van der Waals surface area (Å²) in [5, 5.41) is 5.89. The highest BCUT2D eigenvalue weighted by Gasteiger charge is 2.34. The van der Waals surface area contributed by atoms with E-state index in [1.165, 1.54) is 11.3 Å². The number of amides is 1. The fourth-order valence-electron chi connectivity index (χ4n) is 2.25. The van der Waals surface area contributed by atoms with Crippen molar-refractivity contribution in [2.45, 2.75) is 32.8 Å². The first kappa shape index (κ1) is 16.3. The van der Waals surface area contributed by atoms with Gasteiger partial charge in [-0.2, -0.15) is 0 Å². The van der Waals surface area contributed by atoms with Crippen LogP contribution in [0.1, 0.15) is 37.6 Å². The van der Waals surface area contributed by atoms with Crippen LogP contribution in [-0.4, -0.2) is 30.6 Å². The first-order valence-electron chi connectivity index (χ1n) is 6.94. The maximum Gasteiger partial charge on any atom is 0.341 e. The summed E-state index contributed by atoms with van der Waals surface area (Å²) < 4.78 is 5.37. The third kappa shape index (κ3) is 3.78. The van der Waals surface area contributed by atoms with Crippen molar-refractivity contribution in [2.24, 2.45) is 11.0 Å². The number of rotatable bonds is 4. The average Bonchev–Trinajstić information content (AvgIpc) is 3.00. The number of carbonyl (C=O) groups is 2. The van der Waals surface area contributed by atoms with Crippen LogP contribution in [0.15, 0.2) is 16.6 Å². The molecule has 1 amide bonds. The van der Waals surface area contributed by atoms with Crippen molar-refractivity contribution in [3.05, 3.63) is 27.5 Å². The molecule has 1 saturated heterocycles. The van der Waals surface area contributed by atoms with Crippen LogP contribution >= 0.6 is 11.3 Å². The smallest absolute Gasteiger partial charge is 0.341 e. The van der Waals surface area contributed by atoms with Crippen LogP contribution in [0.5, 0.6) is 0 Å². The Morgan fingerprint density at radius 3 is 2.95 bits per heavy atom. The molecular weight excluding hydrogens is 304 g/mol. The van der Waals surface area contributed by atoms with Gasteiger partial charge >= 0.3 is 5.97 Å². The molecule has 1 fully saturated rings. The molecule has 1 aliphatic heterocycles. The second-order valence-electron chi connectivity index (χ2n) is 6.13. The van der Waals surface area contributed by atoms with Gasteiger partial charge < -0.3 is 9.64 Å². The number of nitrogens with zero attached hydrogens (tertiary/aromatic N) is 4. The van der Waals surface area contributed by atoms with Gasteiger partial charge in [-0.15, -0.1) is 11.3 Å². The third-order valence-corrected chi connectivity index (χ3v) is 4.05. The molecule has 2 rings (SSSR count). The molecule has 1 aliphatic rings. The predicted octanol–water partition coefficient (Wildman–Crippen LogP) is 3.37. The SMILES string of the molecule is CC(C)(C)OC(=O)c1ccsc1N1CC(CN=[N+]=[N-])CC1=O. The highest BCUT2D eigenvalue weighted by Crippen LogP contribution is 2.34. The summed E-state index contributed by atoms with van der Waals surface area (Å²) in [5.74, 6) is -0.516. The summed E-state index contributed by atoms with van der Waals surface area (Å²) in [6, 6.07) is 1.67. The third-order valence-electron chi connectivity index (χ3n) is 3.12. The molecule has 0 spiro atoms. The lowest BCUT2D eigenvalue weighted by atomic mass is 10.1. The van der Waals surface area contributed by atoms with Crippen molar-refractivity contribution in [3.63, 3.8) is 0 Å². The number of hydrogen-bond donors (Lipinski definition) is 0. The number of esters is 1. The van der Waals surface area contributed by atoms with Gasteiger partial charge in [0.25, 0.3) is 0 Å². The normalized spacial score (nSPS) is 18.2. The van der Waals surface area contributed by atoms with E-state index < -0.39 is 11.6 Å². The van der Waals surface area contributed by atoms with E-state index >= 15 is 0 Å². The van der Waals surface area contributed by atoms with Crippen molar-refractivity contribution in [2.75, 3.05) is 18.0 Å². The van der Waals surface area contributed by atoms with E-state index in [-0.39, 0.29) is 18.4 Å². The van der Waals surface area contributed by atoms with E-state index in [1.54, 1.807) is 37.1 Å². The average molecular weight is 322 g/mol. The molecule has 2 heterocycles. The Hall–Kier alpha value is -2.05. The van der Waals surface area contributed by atoms with Gasteiger partial charge in [0.1, 0.15) is 10.6 Å². The quantitative estimate of drug-likeness (QED) is 0.368. The van der Waals surface area contributed by atoms with Crippen molar-refractivity contribution in [1.29, 1.82) is 0 Å². The molecule has 0 aliphatic carbocycles. The van der Waals surface area contributed by atoms with E-state index in [4.69, 9.17) is 10.3 Å². The summed E-state index contributed by atoms with van der Waals surface area (Å²) in [6.45, 7) is 6.13. The van der Waals surface area contributed by atoms with Crippen molar-refractivity contribution >= 4 is 28.2 Å². The molecule has 0 N–H and O–H groups in total. The predicted molar refractivity (Wildman–Crippen MR) is 84.0 cm³/mol. The minimum Gasteiger partial charge on any atom is -0.456 e. The van der Waals surface area contributed by atoms with Crippen LogP contribution in [-0.2, 0) is 9.53 Å². The topological polar surface area (TPSA) is 95.4 Å². The zero-order valence-electron chi connectivity index (χ0n) is 12.8. The summed E-state index contributed by atoms with van der Waals surface area (Å²) >= 11 is 1.33. The molecule has 1 unspecified atom stereocenters. The van der Waals surface area contributed by atoms with Crippen LogP contribution in [0, 0.1) is 5.92 Å². The van der Waals surface area contributed by atoms with E-state index in [2.05, 4.69) is 10.0 Å². The molecule has 1 aromatic heterocycles. The monoisotopic (exact) mass is 322 g/mol. The lowest BCUT2D eigenvalue weighted by molar-refractivity contribution is -0.117. The Morgan fingerprint density at radius 1 is 1.59 bits per heavy atom. The van der Waals surface area contributed by atoms with E-state index in [1.807, 2.05) is 0 Å². The molecule has 1 atom stereocenters. The van der Waals surface area contributed by atoms with Gasteiger partial charge in [-0.05, 0) is 43.7 Å². The second-order valence-corrected chi connectivity index (χ2v) is 7.02. The van der Waals surface area contributed by atoms with Crippen molar-refractivity contribution < 1.29 is 14.3 Å². The molecule has 22 heavy (non-hydrogen) atoms. The lowest BCUT2D eigenvalue weighted by Gasteiger charge is -2.21. The summed E-state index contributed by atoms with van der Waals surface area (Å²) in [6.07, 6.45) is 0.324. The van der Waals surface area contributed by atoms with Crippen LogP contribution in [0.25, 0.3) is 10.4 Å². The number of carbonyl (C=O) groups excluding carboxylic acids is 2. The molecule has 118 valence electrons. The first-order chi connectivity index (χ1) is 10.3. The maximum atomic E-state index is 12.2. The molecule has 0 radical (unpaired) electrons. The van der Waals surface area contributed by atoms with E-state index in [9.17, 15) is 9.59 Å². The fraction of sp³-hybridized carbons (Fsp3) is 0.571. The minimum absolute atomic E-state index is 0.0167. The Labute approximate surface area is 132 Å². The van der Waals surface area contributed by atoms with Gasteiger partial charge in [0, 0.05) is 24.4 Å². The fourth-order valence-corrected chi connectivity index (χ4v) is 3.17. The van der Waals surface area contributed by atoms with Crippen molar-refractivity contribution in [3.8, 4) is 0 Å². The minimum atomic E-state index is -0.588. The summed E-state index contributed by atoms with van der Waals surface area (Å²) in [4.78, 5) is 28.7. The molecular formula is C14H18N4O3S. The molecule has 7 nitrogen and oxygen atoms in total. The van der Waals surface area contributed by atoms with E-state index in [0.29, 0.717) is 23.5 Å². The molecule has 0 saturated carbocycles. The Balaban J connectivity index is 2.17. The van der Waals surface area contributed by atoms with Gasteiger partial charge in [-0.1, -0.05) is 5.11 Å². The zero-order chi connectivity index (χ0) is 16.3. The highest BCUT2D eigenvalue weighted by molar-refractivity contribution is 7.14. The summed E-state index contributed by atoms with van der Waals surface area (Å²) in [7, 11) is 0. The highest BCUT2D eigenvalue weighted by atomic mass is 32.1. The van der Waals surface area contributed by atoms with Crippen LogP contribution in [0.4, 0.5) is 5.00 Å². The van der Waals surface area contributed by atoms with Crippen LogP contribution < -0.4 is 4.90 Å². The van der Waals surface area contributed by atoms with Crippen LogP contribution in [0.3, 0.4) is 0 Å². The number of ether oxygens (including phenoxy) is 1. The molecule has 1 aromatic rings. The lowest BCUT2D eigenvalue weighted by Crippen LogP contribution is -2.28. The van der Waals surface area contributed by atoms with Gasteiger partial charge in [0.05, 0.1) is 5.56 Å². The molecule has 0 aromatic carbocycles. The largest absolute Gasteiger partial charge is 0.456 e. The summed E-state index contributed by atoms with van der Waals surface area (Å²) in [5.41, 5.74) is 8.18. The standard InChI is InChI=1S/C14H18N4O3S/c1-14(2,3)21-13(20)10-4-5-22-12(10)18-8-9(6-11(18)19)7-16-17-15/h4-5,9H,6-8H2,1-3H3. The Kier molecular flexibility index (Phi) is 4.73. The van der Waals surface area contributed by atoms with Crippen LogP contribution in [0.2, 0.25) is 0 Å². The number of thiophene rings is 1. The molecule has 8 heteroatoms. The zero-order valence-corrected chi connectivity index (χ0v) is 13.6. The second kappa shape index (κ2) is 6.37. The van der Waals surface area contributed by atoms with Gasteiger partial charge in [0.15, 0.2) is 0 Å². The van der Waals surface area contributed by atoms with Gasteiger partial charge in [-0.3, -0.25) is 4.79 Å².